The molecule has 4 aromatic rings. The Morgan fingerprint density at radius 2 is 0.710 bits per heavy atom. The Labute approximate surface area is 188 Å². The van der Waals surface area contributed by atoms with Crippen LogP contribution in [0.5, 0.6) is 0 Å². The molecule has 4 N–H and O–H groups in total. The van der Waals surface area contributed by atoms with Crippen molar-refractivity contribution in [3.05, 3.63) is 120 Å². The SMILES string of the molecule is Clc1ccc([PH](c2ccccc2)(c2ccccc2)c2ccccc2)cc1.O[Si](O)(O)O. The molecule has 0 aromatic heterocycles. The third-order valence-corrected chi connectivity index (χ3v) is 9.95. The smallest absolute Gasteiger partial charge is 0.368 e. The van der Waals surface area contributed by atoms with Crippen molar-refractivity contribution in [2.24, 2.45) is 0 Å². The molecule has 0 unspecified atom stereocenters. The summed E-state index contributed by atoms with van der Waals surface area (Å²) in [6, 6.07) is 41.1. The van der Waals surface area contributed by atoms with Crippen LogP contribution in [-0.4, -0.2) is 28.2 Å². The van der Waals surface area contributed by atoms with Crippen molar-refractivity contribution in [2.75, 3.05) is 0 Å². The second-order valence-corrected chi connectivity index (χ2v) is 12.4. The molecule has 7 heteroatoms. The van der Waals surface area contributed by atoms with E-state index in [9.17, 15) is 0 Å². The molecule has 0 saturated heterocycles. The summed E-state index contributed by atoms with van der Waals surface area (Å²) in [4.78, 5) is 29.3. The zero-order chi connectivity index (χ0) is 22.3. The van der Waals surface area contributed by atoms with E-state index < -0.39 is 16.3 Å². The van der Waals surface area contributed by atoms with Crippen LogP contribution in [-0.2, 0) is 0 Å². The maximum Gasteiger partial charge on any atom is 0.668 e. The van der Waals surface area contributed by atoms with Crippen LogP contribution in [0.3, 0.4) is 0 Å². The van der Waals surface area contributed by atoms with E-state index in [1.165, 1.54) is 21.2 Å². The van der Waals surface area contributed by atoms with Crippen molar-refractivity contribution < 1.29 is 19.2 Å². The molecule has 0 aliphatic rings. The minimum absolute atomic E-state index is 0.769. The minimum atomic E-state index is -4.61. The Morgan fingerprint density at radius 3 is 1.00 bits per heavy atom. The van der Waals surface area contributed by atoms with Gasteiger partial charge in [0.05, 0.1) is 0 Å². The van der Waals surface area contributed by atoms with Gasteiger partial charge in [-0.05, 0) is 0 Å². The van der Waals surface area contributed by atoms with Gasteiger partial charge in [-0.25, -0.2) is 0 Å². The number of hydrogen-bond donors (Lipinski definition) is 4. The average Bonchev–Trinajstić information content (AvgIpc) is 2.77. The molecule has 4 nitrogen and oxygen atoms in total. The van der Waals surface area contributed by atoms with Crippen molar-refractivity contribution in [1.29, 1.82) is 0 Å². The van der Waals surface area contributed by atoms with Crippen LogP contribution >= 0.6 is 18.9 Å². The molecule has 0 amide bonds. The van der Waals surface area contributed by atoms with Crippen LogP contribution in [0, 0.1) is 0 Å². The molecule has 0 aliphatic heterocycles. The number of rotatable bonds is 4. The van der Waals surface area contributed by atoms with Crippen LogP contribution in [0.4, 0.5) is 0 Å². The Hall–Kier alpha value is -2.34. The summed E-state index contributed by atoms with van der Waals surface area (Å²) in [6.07, 6.45) is 0. The normalized spacial score (nSPS) is 11.9. The Balaban J connectivity index is 0.000000491. The van der Waals surface area contributed by atoms with Gasteiger partial charge in [0.1, 0.15) is 0 Å². The van der Waals surface area contributed by atoms with Gasteiger partial charge in [-0.3, -0.25) is 0 Å². The molecule has 0 radical (unpaired) electrons. The molecular formula is C24H24ClO4PSi. The van der Waals surface area contributed by atoms with E-state index in [-0.39, 0.29) is 0 Å². The van der Waals surface area contributed by atoms with Gasteiger partial charge in [-0.2, -0.15) is 0 Å². The minimum Gasteiger partial charge on any atom is -0.368 e. The summed E-state index contributed by atoms with van der Waals surface area (Å²) >= 11 is 6.22. The summed E-state index contributed by atoms with van der Waals surface area (Å²) in [5, 5.41) is 6.23. The van der Waals surface area contributed by atoms with Gasteiger partial charge >= 0.3 is 169 Å². The van der Waals surface area contributed by atoms with Crippen molar-refractivity contribution in [3.8, 4) is 0 Å². The summed E-state index contributed by atoms with van der Waals surface area (Å²) in [6.45, 7) is 0. The van der Waals surface area contributed by atoms with Gasteiger partial charge < -0.3 is 19.2 Å². The quantitative estimate of drug-likeness (QED) is 0.272. The summed E-state index contributed by atoms with van der Waals surface area (Å²) in [7, 11) is -6.99. The molecule has 160 valence electrons. The van der Waals surface area contributed by atoms with Crippen LogP contribution in [0.2, 0.25) is 5.02 Å². The molecule has 0 saturated carbocycles. The van der Waals surface area contributed by atoms with Gasteiger partial charge in [0.25, 0.3) is 0 Å². The van der Waals surface area contributed by atoms with Crippen molar-refractivity contribution in [1.82, 2.24) is 0 Å². The Bertz CT molecular complexity index is 971. The molecule has 0 heterocycles. The zero-order valence-corrected chi connectivity index (χ0v) is 19.4. The summed E-state index contributed by atoms with van der Waals surface area (Å²) in [5.41, 5.74) is 0. The predicted molar refractivity (Wildman–Crippen MR) is 132 cm³/mol. The molecule has 0 aliphatic carbocycles. The van der Waals surface area contributed by atoms with Crippen molar-refractivity contribution in [3.63, 3.8) is 0 Å². The van der Waals surface area contributed by atoms with E-state index in [2.05, 4.69) is 103 Å². The Morgan fingerprint density at radius 1 is 0.452 bits per heavy atom. The standard InChI is InChI=1S/C24H20ClP.H4O4Si/c25-20-16-18-24(19-17-20)26(21-10-4-1-5-11-21,22-12-6-2-7-13-22)23-14-8-3-9-15-23;1-5(2,3)4/h1-19,26H;1-4H. The predicted octanol–water partition coefficient (Wildman–Crippen LogP) is 2.08. The average molecular weight is 471 g/mol. The first-order valence-electron chi connectivity index (χ1n) is 9.64. The molecule has 31 heavy (non-hydrogen) atoms. The summed E-state index contributed by atoms with van der Waals surface area (Å²) in [5.74, 6) is 0. The molecule has 0 atom stereocenters. The Kier molecular flexibility index (Phi) is 7.76. The second-order valence-electron chi connectivity index (χ2n) is 6.95. The van der Waals surface area contributed by atoms with Crippen LogP contribution < -0.4 is 21.2 Å². The van der Waals surface area contributed by atoms with E-state index in [0.717, 1.165) is 5.02 Å². The van der Waals surface area contributed by atoms with Crippen molar-refractivity contribution in [2.45, 2.75) is 0 Å². The third kappa shape index (κ3) is 5.88. The van der Waals surface area contributed by atoms with Crippen molar-refractivity contribution >= 4 is 49.1 Å². The van der Waals surface area contributed by atoms with Crippen LogP contribution in [0.15, 0.2) is 115 Å². The molecule has 4 aromatic carbocycles. The van der Waals surface area contributed by atoms with E-state index in [4.69, 9.17) is 30.8 Å². The summed E-state index contributed by atoms with van der Waals surface area (Å²) < 4.78 is 0. The fourth-order valence-corrected chi connectivity index (χ4v) is 8.63. The maximum atomic E-state index is 7.33. The molecule has 0 bridgehead atoms. The fourth-order valence-electron chi connectivity index (χ4n) is 3.76. The molecular weight excluding hydrogens is 447 g/mol. The van der Waals surface area contributed by atoms with E-state index >= 15 is 0 Å². The van der Waals surface area contributed by atoms with E-state index in [0.29, 0.717) is 0 Å². The van der Waals surface area contributed by atoms with Gasteiger partial charge in [0.15, 0.2) is 0 Å². The number of halogens is 1. The van der Waals surface area contributed by atoms with Gasteiger partial charge in [-0.1, -0.05) is 0 Å². The molecule has 4 rings (SSSR count). The van der Waals surface area contributed by atoms with E-state index in [1.54, 1.807) is 0 Å². The van der Waals surface area contributed by atoms with E-state index in [1.807, 2.05) is 12.1 Å². The van der Waals surface area contributed by atoms with Gasteiger partial charge in [0.2, 0.25) is 0 Å². The van der Waals surface area contributed by atoms with Crippen LogP contribution in [0.25, 0.3) is 0 Å². The monoisotopic (exact) mass is 470 g/mol. The number of hydrogen-bond acceptors (Lipinski definition) is 4. The zero-order valence-electron chi connectivity index (χ0n) is 16.6. The maximum absolute atomic E-state index is 7.33. The molecule has 0 spiro atoms. The second kappa shape index (κ2) is 10.3. The largest absolute Gasteiger partial charge is 0.668 e. The first-order valence-corrected chi connectivity index (χ1v) is 13.8. The van der Waals surface area contributed by atoms with Crippen LogP contribution in [0.1, 0.15) is 0 Å². The topological polar surface area (TPSA) is 80.9 Å². The van der Waals surface area contributed by atoms with Gasteiger partial charge in [-0.15, -0.1) is 0 Å². The molecule has 0 fully saturated rings. The fraction of sp³-hybridized carbons (Fsp3) is 0. The first kappa shape index (κ1) is 23.3. The van der Waals surface area contributed by atoms with Gasteiger partial charge in [0, 0.05) is 0 Å². The number of benzene rings is 4. The third-order valence-electron chi connectivity index (χ3n) is 4.90. The first-order chi connectivity index (χ1) is 14.8.